The molecule has 1 aliphatic rings. The van der Waals surface area contributed by atoms with E-state index >= 15 is 0 Å². The SMILES string of the molecule is CN=C(NCCCN(C)C)NCC1(c2ccccc2)CC1.I. The summed E-state index contributed by atoms with van der Waals surface area (Å²) < 4.78 is 0. The van der Waals surface area contributed by atoms with Crippen molar-refractivity contribution in [1.29, 1.82) is 0 Å². The fraction of sp³-hybridized carbons (Fsp3) is 0.588. The molecule has 0 unspecified atom stereocenters. The Labute approximate surface area is 151 Å². The van der Waals surface area contributed by atoms with Crippen molar-refractivity contribution in [2.24, 2.45) is 4.99 Å². The van der Waals surface area contributed by atoms with Crippen molar-refractivity contribution in [3.8, 4) is 0 Å². The van der Waals surface area contributed by atoms with E-state index in [9.17, 15) is 0 Å². The number of nitrogens with zero attached hydrogens (tertiary/aromatic N) is 2. The molecule has 2 rings (SSSR count). The highest BCUT2D eigenvalue weighted by atomic mass is 127. The molecule has 5 heteroatoms. The van der Waals surface area contributed by atoms with E-state index < -0.39 is 0 Å². The highest BCUT2D eigenvalue weighted by molar-refractivity contribution is 14.0. The molecule has 0 aliphatic heterocycles. The van der Waals surface area contributed by atoms with E-state index in [0.717, 1.165) is 32.0 Å². The molecule has 0 aromatic heterocycles. The quantitative estimate of drug-likeness (QED) is 0.311. The van der Waals surface area contributed by atoms with Crippen molar-refractivity contribution in [3.63, 3.8) is 0 Å². The Morgan fingerprint density at radius 1 is 1.18 bits per heavy atom. The second-order valence-corrected chi connectivity index (χ2v) is 6.16. The van der Waals surface area contributed by atoms with Gasteiger partial charge in [-0.2, -0.15) is 0 Å². The number of aliphatic imine (C=N–C) groups is 1. The Hall–Kier alpha value is -0.820. The fourth-order valence-electron chi connectivity index (χ4n) is 2.59. The average molecular weight is 416 g/mol. The molecule has 0 bridgehead atoms. The molecule has 1 aliphatic carbocycles. The second-order valence-electron chi connectivity index (χ2n) is 6.16. The molecular formula is C17H29IN4. The molecule has 124 valence electrons. The minimum Gasteiger partial charge on any atom is -0.356 e. The van der Waals surface area contributed by atoms with Crippen LogP contribution >= 0.6 is 24.0 Å². The first kappa shape index (κ1) is 19.2. The summed E-state index contributed by atoms with van der Waals surface area (Å²) in [6.07, 6.45) is 3.65. The lowest BCUT2D eigenvalue weighted by atomic mass is 9.96. The van der Waals surface area contributed by atoms with Gasteiger partial charge in [-0.05, 0) is 45.5 Å². The van der Waals surface area contributed by atoms with E-state index in [1.165, 1.54) is 18.4 Å². The summed E-state index contributed by atoms with van der Waals surface area (Å²) in [7, 11) is 6.04. The van der Waals surface area contributed by atoms with E-state index in [-0.39, 0.29) is 24.0 Å². The van der Waals surface area contributed by atoms with Crippen molar-refractivity contribution in [2.75, 3.05) is 40.8 Å². The van der Waals surface area contributed by atoms with Crippen LogP contribution in [0, 0.1) is 0 Å². The third-order valence-corrected chi connectivity index (χ3v) is 4.13. The van der Waals surface area contributed by atoms with Gasteiger partial charge in [-0.25, -0.2) is 0 Å². The van der Waals surface area contributed by atoms with E-state index in [4.69, 9.17) is 0 Å². The largest absolute Gasteiger partial charge is 0.356 e. The van der Waals surface area contributed by atoms with Crippen LogP contribution in [0.4, 0.5) is 0 Å². The zero-order valence-corrected chi connectivity index (χ0v) is 16.3. The fourth-order valence-corrected chi connectivity index (χ4v) is 2.59. The highest BCUT2D eigenvalue weighted by Crippen LogP contribution is 2.47. The number of hydrogen-bond acceptors (Lipinski definition) is 2. The average Bonchev–Trinajstić information content (AvgIpc) is 3.28. The van der Waals surface area contributed by atoms with Crippen LogP contribution in [0.15, 0.2) is 35.3 Å². The summed E-state index contributed by atoms with van der Waals surface area (Å²) in [6.45, 7) is 3.01. The zero-order chi connectivity index (χ0) is 15.1. The molecule has 0 radical (unpaired) electrons. The third-order valence-electron chi connectivity index (χ3n) is 4.13. The normalized spacial score (nSPS) is 16.1. The summed E-state index contributed by atoms with van der Waals surface area (Å²) >= 11 is 0. The summed E-state index contributed by atoms with van der Waals surface area (Å²) in [5.74, 6) is 0.913. The van der Waals surface area contributed by atoms with Gasteiger partial charge in [0.25, 0.3) is 0 Å². The molecular weight excluding hydrogens is 387 g/mol. The number of guanidine groups is 1. The predicted molar refractivity (Wildman–Crippen MR) is 105 cm³/mol. The van der Waals surface area contributed by atoms with Crippen LogP contribution in [-0.4, -0.2) is 51.6 Å². The molecule has 0 heterocycles. The molecule has 1 aromatic carbocycles. The van der Waals surface area contributed by atoms with Gasteiger partial charge in [-0.3, -0.25) is 4.99 Å². The van der Waals surface area contributed by atoms with E-state index in [0.29, 0.717) is 5.41 Å². The molecule has 0 saturated heterocycles. The first-order valence-electron chi connectivity index (χ1n) is 7.81. The molecule has 0 spiro atoms. The van der Waals surface area contributed by atoms with Crippen LogP contribution in [-0.2, 0) is 5.41 Å². The van der Waals surface area contributed by atoms with Gasteiger partial charge in [0.1, 0.15) is 0 Å². The summed E-state index contributed by atoms with van der Waals surface area (Å²) in [6, 6.07) is 10.8. The molecule has 1 fully saturated rings. The Morgan fingerprint density at radius 2 is 1.86 bits per heavy atom. The van der Waals surface area contributed by atoms with Gasteiger partial charge in [-0.1, -0.05) is 30.3 Å². The van der Waals surface area contributed by atoms with Crippen molar-refractivity contribution in [2.45, 2.75) is 24.7 Å². The second kappa shape index (κ2) is 9.35. The minimum atomic E-state index is 0. The topological polar surface area (TPSA) is 39.7 Å². The maximum absolute atomic E-state index is 4.31. The van der Waals surface area contributed by atoms with Crippen LogP contribution in [0.1, 0.15) is 24.8 Å². The Kier molecular flexibility index (Phi) is 8.17. The van der Waals surface area contributed by atoms with Crippen LogP contribution in [0.2, 0.25) is 0 Å². The monoisotopic (exact) mass is 416 g/mol. The third kappa shape index (κ3) is 5.76. The van der Waals surface area contributed by atoms with Crippen LogP contribution in [0.25, 0.3) is 0 Å². The standard InChI is InChI=1S/C17H28N4.HI/c1-18-16(19-12-7-13-21(2)3)20-14-17(10-11-17)15-8-5-4-6-9-15;/h4-6,8-9H,7,10-14H2,1-3H3,(H2,18,19,20);1H. The maximum Gasteiger partial charge on any atom is 0.191 e. The Balaban J connectivity index is 0.00000242. The lowest BCUT2D eigenvalue weighted by Crippen LogP contribution is -2.42. The van der Waals surface area contributed by atoms with E-state index in [1.54, 1.807) is 0 Å². The molecule has 1 saturated carbocycles. The number of rotatable bonds is 7. The van der Waals surface area contributed by atoms with Gasteiger partial charge in [0.15, 0.2) is 5.96 Å². The molecule has 1 aromatic rings. The minimum absolute atomic E-state index is 0. The van der Waals surface area contributed by atoms with Gasteiger partial charge < -0.3 is 15.5 Å². The van der Waals surface area contributed by atoms with Gasteiger partial charge in [-0.15, -0.1) is 24.0 Å². The van der Waals surface area contributed by atoms with Crippen molar-refractivity contribution in [3.05, 3.63) is 35.9 Å². The van der Waals surface area contributed by atoms with Gasteiger partial charge in [0, 0.05) is 25.6 Å². The number of nitrogens with one attached hydrogen (secondary N) is 2. The van der Waals surface area contributed by atoms with Gasteiger partial charge in [0.2, 0.25) is 0 Å². The summed E-state index contributed by atoms with van der Waals surface area (Å²) in [5.41, 5.74) is 1.77. The predicted octanol–water partition coefficient (Wildman–Crippen LogP) is 2.45. The first-order valence-corrected chi connectivity index (χ1v) is 7.81. The molecule has 22 heavy (non-hydrogen) atoms. The van der Waals surface area contributed by atoms with Gasteiger partial charge >= 0.3 is 0 Å². The van der Waals surface area contributed by atoms with Crippen LogP contribution < -0.4 is 10.6 Å². The molecule has 2 N–H and O–H groups in total. The van der Waals surface area contributed by atoms with Gasteiger partial charge in [0.05, 0.1) is 0 Å². The number of halogens is 1. The zero-order valence-electron chi connectivity index (χ0n) is 13.9. The van der Waals surface area contributed by atoms with Crippen molar-refractivity contribution >= 4 is 29.9 Å². The van der Waals surface area contributed by atoms with Crippen LogP contribution in [0.5, 0.6) is 0 Å². The maximum atomic E-state index is 4.31. The Bertz CT molecular complexity index is 455. The van der Waals surface area contributed by atoms with Crippen molar-refractivity contribution in [1.82, 2.24) is 15.5 Å². The number of benzene rings is 1. The van der Waals surface area contributed by atoms with E-state index in [1.807, 2.05) is 7.05 Å². The summed E-state index contributed by atoms with van der Waals surface area (Å²) in [4.78, 5) is 6.51. The molecule has 0 amide bonds. The number of hydrogen-bond donors (Lipinski definition) is 2. The van der Waals surface area contributed by atoms with Crippen molar-refractivity contribution < 1.29 is 0 Å². The van der Waals surface area contributed by atoms with Crippen LogP contribution in [0.3, 0.4) is 0 Å². The Morgan fingerprint density at radius 3 is 2.41 bits per heavy atom. The smallest absolute Gasteiger partial charge is 0.191 e. The lowest BCUT2D eigenvalue weighted by Gasteiger charge is -2.19. The molecule has 0 atom stereocenters. The first-order chi connectivity index (χ1) is 10.2. The lowest BCUT2D eigenvalue weighted by molar-refractivity contribution is 0.399. The molecule has 4 nitrogen and oxygen atoms in total. The summed E-state index contributed by atoms with van der Waals surface area (Å²) in [5, 5.41) is 6.87. The van der Waals surface area contributed by atoms with E-state index in [2.05, 4.69) is 65.0 Å². The highest BCUT2D eigenvalue weighted by Gasteiger charge is 2.43.